The van der Waals surface area contributed by atoms with E-state index in [9.17, 15) is 4.79 Å². The average Bonchev–Trinajstić information content (AvgIpc) is 2.30. The molecule has 104 valence electrons. The van der Waals surface area contributed by atoms with Gasteiger partial charge in [0.2, 0.25) is 5.91 Å². The number of nitrogens with one attached hydrogen (secondary N) is 1. The van der Waals surface area contributed by atoms with Crippen molar-refractivity contribution in [1.29, 1.82) is 0 Å². The van der Waals surface area contributed by atoms with Crippen LogP contribution in [0.3, 0.4) is 0 Å². The summed E-state index contributed by atoms with van der Waals surface area (Å²) in [5.74, 6) is 0.0991. The zero-order valence-corrected chi connectivity index (χ0v) is 12.7. The molecule has 1 aromatic rings. The van der Waals surface area contributed by atoms with E-state index in [2.05, 4.69) is 21.2 Å². The highest BCUT2D eigenvalue weighted by Crippen LogP contribution is 2.44. The zero-order chi connectivity index (χ0) is 13.9. The molecule has 19 heavy (non-hydrogen) atoms. The van der Waals surface area contributed by atoms with Gasteiger partial charge in [-0.15, -0.1) is 0 Å². The third kappa shape index (κ3) is 3.00. The number of hydrogen-bond acceptors (Lipinski definition) is 2. The first-order chi connectivity index (χ1) is 9.08. The number of carbonyl (C=O) groups is 1. The van der Waals surface area contributed by atoms with Crippen LogP contribution < -0.4 is 5.32 Å². The Bertz CT molecular complexity index is 440. The predicted molar refractivity (Wildman–Crippen MR) is 79.0 cm³/mol. The van der Waals surface area contributed by atoms with Gasteiger partial charge in [0.25, 0.3) is 0 Å². The van der Waals surface area contributed by atoms with Gasteiger partial charge in [-0.25, -0.2) is 0 Å². The molecule has 2 N–H and O–H groups in total. The molecular formula is C15H20BrNO2. The van der Waals surface area contributed by atoms with Gasteiger partial charge in [-0.3, -0.25) is 4.79 Å². The fourth-order valence-corrected chi connectivity index (χ4v) is 2.84. The number of rotatable bonds is 5. The highest BCUT2D eigenvalue weighted by Gasteiger charge is 2.45. The number of aliphatic hydroxyl groups excluding tert-OH is 1. The van der Waals surface area contributed by atoms with Gasteiger partial charge in [0.1, 0.15) is 0 Å². The maximum atomic E-state index is 12.5. The van der Waals surface area contributed by atoms with Crippen molar-refractivity contribution in [3.63, 3.8) is 0 Å². The molecule has 0 saturated heterocycles. The van der Waals surface area contributed by atoms with Crippen molar-refractivity contribution in [2.24, 2.45) is 0 Å². The maximum absolute atomic E-state index is 12.5. The van der Waals surface area contributed by atoms with Crippen molar-refractivity contribution in [2.45, 2.75) is 44.1 Å². The first-order valence-corrected chi connectivity index (χ1v) is 7.56. The van der Waals surface area contributed by atoms with Crippen LogP contribution in [-0.4, -0.2) is 23.7 Å². The van der Waals surface area contributed by atoms with Crippen LogP contribution in [0.25, 0.3) is 0 Å². The van der Waals surface area contributed by atoms with Crippen LogP contribution in [0.15, 0.2) is 28.7 Å². The highest BCUT2D eigenvalue weighted by molar-refractivity contribution is 9.10. The van der Waals surface area contributed by atoms with Crippen molar-refractivity contribution in [3.8, 4) is 0 Å². The van der Waals surface area contributed by atoms with Crippen molar-refractivity contribution in [1.82, 2.24) is 5.32 Å². The van der Waals surface area contributed by atoms with Gasteiger partial charge < -0.3 is 10.4 Å². The third-order valence-electron chi connectivity index (χ3n) is 3.98. The van der Waals surface area contributed by atoms with Crippen molar-refractivity contribution in [3.05, 3.63) is 34.3 Å². The molecule has 1 aliphatic rings. The molecule has 1 unspecified atom stereocenters. The van der Waals surface area contributed by atoms with Gasteiger partial charge in [-0.05, 0) is 43.9 Å². The standard InChI is InChI=1S/C15H20BrNO2/c1-11(7-10-18)17-14(19)15(8-2-9-15)12-3-5-13(16)6-4-12/h3-6,11,18H,2,7-10H2,1H3,(H,17,19). The molecule has 0 aromatic heterocycles. The number of amides is 1. The second kappa shape index (κ2) is 6.06. The molecule has 1 atom stereocenters. The Morgan fingerprint density at radius 2 is 2.05 bits per heavy atom. The Morgan fingerprint density at radius 3 is 2.53 bits per heavy atom. The maximum Gasteiger partial charge on any atom is 0.230 e. The van der Waals surface area contributed by atoms with Crippen molar-refractivity contribution >= 4 is 21.8 Å². The van der Waals surface area contributed by atoms with Gasteiger partial charge in [0, 0.05) is 17.1 Å². The summed E-state index contributed by atoms with van der Waals surface area (Å²) in [5.41, 5.74) is 0.736. The fourth-order valence-electron chi connectivity index (χ4n) is 2.57. The lowest BCUT2D eigenvalue weighted by atomic mass is 9.63. The molecular weight excluding hydrogens is 306 g/mol. The van der Waals surface area contributed by atoms with E-state index < -0.39 is 0 Å². The zero-order valence-electron chi connectivity index (χ0n) is 11.2. The third-order valence-corrected chi connectivity index (χ3v) is 4.51. The summed E-state index contributed by atoms with van der Waals surface area (Å²) in [6.07, 6.45) is 3.51. The van der Waals surface area contributed by atoms with Crippen LogP contribution in [0.5, 0.6) is 0 Å². The van der Waals surface area contributed by atoms with E-state index in [0.717, 1.165) is 29.3 Å². The molecule has 0 spiro atoms. The van der Waals surface area contributed by atoms with Crippen molar-refractivity contribution in [2.75, 3.05) is 6.61 Å². The van der Waals surface area contributed by atoms with Gasteiger partial charge >= 0.3 is 0 Å². The molecule has 3 nitrogen and oxygen atoms in total. The van der Waals surface area contributed by atoms with Gasteiger partial charge in [-0.2, -0.15) is 0 Å². The van der Waals surface area contributed by atoms with Crippen LogP contribution >= 0.6 is 15.9 Å². The normalized spacial score (nSPS) is 18.5. The minimum atomic E-state index is -0.357. The summed E-state index contributed by atoms with van der Waals surface area (Å²) in [7, 11) is 0. The Labute approximate surface area is 122 Å². The van der Waals surface area contributed by atoms with Gasteiger partial charge in [0.15, 0.2) is 0 Å². The van der Waals surface area contributed by atoms with E-state index in [-0.39, 0.29) is 24.0 Å². The van der Waals surface area contributed by atoms with E-state index >= 15 is 0 Å². The quantitative estimate of drug-likeness (QED) is 0.874. The summed E-state index contributed by atoms with van der Waals surface area (Å²) in [5, 5.41) is 11.9. The molecule has 1 saturated carbocycles. The van der Waals surface area contributed by atoms with Crippen LogP contribution in [-0.2, 0) is 10.2 Å². The SMILES string of the molecule is CC(CCO)NC(=O)C1(c2ccc(Br)cc2)CCC1. The molecule has 4 heteroatoms. The smallest absolute Gasteiger partial charge is 0.230 e. The lowest BCUT2D eigenvalue weighted by Gasteiger charge is -2.41. The van der Waals surface area contributed by atoms with E-state index in [1.807, 2.05) is 31.2 Å². The van der Waals surface area contributed by atoms with Crippen LogP contribution in [0.2, 0.25) is 0 Å². The lowest BCUT2D eigenvalue weighted by Crippen LogP contribution is -2.51. The summed E-state index contributed by atoms with van der Waals surface area (Å²) in [6.45, 7) is 2.04. The average molecular weight is 326 g/mol. The summed E-state index contributed by atoms with van der Waals surface area (Å²) < 4.78 is 1.03. The molecule has 1 fully saturated rings. The fraction of sp³-hybridized carbons (Fsp3) is 0.533. The summed E-state index contributed by atoms with van der Waals surface area (Å²) in [6, 6.07) is 8.05. The molecule has 0 radical (unpaired) electrons. The molecule has 1 aromatic carbocycles. The Kier molecular flexibility index (Phi) is 4.63. The number of benzene rings is 1. The van der Waals surface area contributed by atoms with Crippen LogP contribution in [0.1, 0.15) is 38.2 Å². The topological polar surface area (TPSA) is 49.3 Å². The molecule has 0 bridgehead atoms. The Hall–Kier alpha value is -0.870. The molecule has 2 rings (SSSR count). The van der Waals surface area contributed by atoms with E-state index in [4.69, 9.17) is 5.11 Å². The molecule has 0 heterocycles. The number of aliphatic hydroxyl groups is 1. The second-order valence-corrected chi connectivity index (χ2v) is 6.25. The molecule has 1 amide bonds. The van der Waals surface area contributed by atoms with Gasteiger partial charge in [-0.1, -0.05) is 34.5 Å². The second-order valence-electron chi connectivity index (χ2n) is 5.33. The van der Waals surface area contributed by atoms with Crippen LogP contribution in [0, 0.1) is 0 Å². The summed E-state index contributed by atoms with van der Waals surface area (Å²) in [4.78, 5) is 12.5. The van der Waals surface area contributed by atoms with Gasteiger partial charge in [0.05, 0.1) is 5.41 Å². The minimum absolute atomic E-state index is 0.0189. The lowest BCUT2D eigenvalue weighted by molar-refractivity contribution is -0.130. The number of halogens is 1. The minimum Gasteiger partial charge on any atom is -0.396 e. The Morgan fingerprint density at radius 1 is 1.42 bits per heavy atom. The van der Waals surface area contributed by atoms with Crippen LogP contribution in [0.4, 0.5) is 0 Å². The molecule has 0 aliphatic heterocycles. The van der Waals surface area contributed by atoms with E-state index in [1.54, 1.807) is 0 Å². The first kappa shape index (κ1) is 14.5. The Balaban J connectivity index is 2.13. The van der Waals surface area contributed by atoms with Crippen molar-refractivity contribution < 1.29 is 9.90 Å². The monoisotopic (exact) mass is 325 g/mol. The van der Waals surface area contributed by atoms with E-state index in [0.29, 0.717) is 6.42 Å². The first-order valence-electron chi connectivity index (χ1n) is 6.76. The summed E-state index contributed by atoms with van der Waals surface area (Å²) >= 11 is 3.42. The van der Waals surface area contributed by atoms with E-state index in [1.165, 1.54) is 0 Å². The molecule has 1 aliphatic carbocycles. The largest absolute Gasteiger partial charge is 0.396 e. The number of carbonyl (C=O) groups excluding carboxylic acids is 1. The number of hydrogen-bond donors (Lipinski definition) is 2. The highest BCUT2D eigenvalue weighted by atomic mass is 79.9. The predicted octanol–water partition coefficient (Wildman–Crippen LogP) is 2.76.